The Hall–Kier alpha value is -0.0800. The van der Waals surface area contributed by atoms with E-state index >= 15 is 0 Å². The van der Waals surface area contributed by atoms with Crippen molar-refractivity contribution in [2.45, 2.75) is 46.6 Å². The van der Waals surface area contributed by atoms with Crippen molar-refractivity contribution in [3.63, 3.8) is 0 Å². The van der Waals surface area contributed by atoms with Crippen molar-refractivity contribution in [2.24, 2.45) is 11.3 Å². The van der Waals surface area contributed by atoms with Crippen LogP contribution in [0.2, 0.25) is 0 Å². The zero-order valence-electron chi connectivity index (χ0n) is 10.1. The third-order valence-electron chi connectivity index (χ3n) is 3.35. The van der Waals surface area contributed by atoms with Crippen molar-refractivity contribution in [2.75, 3.05) is 19.8 Å². The van der Waals surface area contributed by atoms with Crippen LogP contribution >= 0.6 is 0 Å². The second-order valence-electron chi connectivity index (χ2n) is 5.55. The predicted octanol–water partition coefficient (Wildman–Crippen LogP) is 2.44. The van der Waals surface area contributed by atoms with Gasteiger partial charge < -0.3 is 10.1 Å². The summed E-state index contributed by atoms with van der Waals surface area (Å²) in [5, 5.41) is 3.64. The SMILES string of the molecule is CC(NCC1CCOCC1)C(C)(C)C. The smallest absolute Gasteiger partial charge is 0.0469 e. The number of hydrogen-bond donors (Lipinski definition) is 1. The Morgan fingerprint density at radius 3 is 2.36 bits per heavy atom. The summed E-state index contributed by atoms with van der Waals surface area (Å²) in [6.45, 7) is 12.2. The van der Waals surface area contributed by atoms with Crippen molar-refractivity contribution in [3.8, 4) is 0 Å². The van der Waals surface area contributed by atoms with Crippen LogP contribution < -0.4 is 5.32 Å². The van der Waals surface area contributed by atoms with Crippen LogP contribution in [0.25, 0.3) is 0 Å². The number of ether oxygens (including phenoxy) is 1. The summed E-state index contributed by atoms with van der Waals surface area (Å²) >= 11 is 0. The standard InChI is InChI=1S/C12H25NO/c1-10(12(2,3)4)13-9-11-5-7-14-8-6-11/h10-11,13H,5-9H2,1-4H3. The van der Waals surface area contributed by atoms with Crippen LogP contribution in [-0.2, 0) is 4.74 Å². The van der Waals surface area contributed by atoms with E-state index in [0.29, 0.717) is 11.5 Å². The fourth-order valence-electron chi connectivity index (χ4n) is 1.60. The summed E-state index contributed by atoms with van der Waals surface area (Å²) in [6, 6.07) is 0.588. The van der Waals surface area contributed by atoms with Gasteiger partial charge in [-0.05, 0) is 37.6 Å². The van der Waals surface area contributed by atoms with Gasteiger partial charge >= 0.3 is 0 Å². The summed E-state index contributed by atoms with van der Waals surface area (Å²) in [5.41, 5.74) is 0.366. The van der Waals surface area contributed by atoms with Gasteiger partial charge in [0.1, 0.15) is 0 Å². The lowest BCUT2D eigenvalue weighted by atomic mass is 9.87. The van der Waals surface area contributed by atoms with Gasteiger partial charge in [-0.3, -0.25) is 0 Å². The molecule has 0 spiro atoms. The maximum absolute atomic E-state index is 5.35. The van der Waals surface area contributed by atoms with E-state index in [9.17, 15) is 0 Å². The molecule has 2 heteroatoms. The van der Waals surface area contributed by atoms with Crippen molar-refractivity contribution < 1.29 is 4.74 Å². The van der Waals surface area contributed by atoms with Crippen LogP contribution in [0.3, 0.4) is 0 Å². The minimum Gasteiger partial charge on any atom is -0.381 e. The molecule has 1 aliphatic heterocycles. The molecule has 0 aromatic carbocycles. The average molecular weight is 199 g/mol. The lowest BCUT2D eigenvalue weighted by molar-refractivity contribution is 0.0642. The van der Waals surface area contributed by atoms with Crippen LogP contribution in [0.1, 0.15) is 40.5 Å². The van der Waals surface area contributed by atoms with Gasteiger partial charge in [-0.25, -0.2) is 0 Å². The highest BCUT2D eigenvalue weighted by molar-refractivity contribution is 4.77. The third kappa shape index (κ3) is 3.97. The van der Waals surface area contributed by atoms with E-state index in [4.69, 9.17) is 4.74 Å². The lowest BCUT2D eigenvalue weighted by Gasteiger charge is -2.31. The van der Waals surface area contributed by atoms with Crippen molar-refractivity contribution in [1.82, 2.24) is 5.32 Å². The molecule has 1 aliphatic rings. The van der Waals surface area contributed by atoms with E-state index in [1.165, 1.54) is 12.8 Å². The molecule has 1 unspecified atom stereocenters. The molecular formula is C12H25NO. The van der Waals surface area contributed by atoms with Crippen LogP contribution in [0.4, 0.5) is 0 Å². The summed E-state index contributed by atoms with van der Waals surface area (Å²) in [4.78, 5) is 0. The first-order valence-corrected chi connectivity index (χ1v) is 5.81. The molecule has 1 saturated heterocycles. The minimum absolute atomic E-state index is 0.366. The maximum atomic E-state index is 5.35. The zero-order valence-corrected chi connectivity index (χ0v) is 10.1. The molecule has 0 amide bonds. The van der Waals surface area contributed by atoms with Crippen molar-refractivity contribution >= 4 is 0 Å². The number of nitrogens with one attached hydrogen (secondary N) is 1. The monoisotopic (exact) mass is 199 g/mol. The lowest BCUT2D eigenvalue weighted by Crippen LogP contribution is -2.41. The number of hydrogen-bond acceptors (Lipinski definition) is 2. The Morgan fingerprint density at radius 2 is 1.86 bits per heavy atom. The van der Waals surface area contributed by atoms with Crippen molar-refractivity contribution in [3.05, 3.63) is 0 Å². The molecule has 0 aromatic rings. The summed E-state index contributed by atoms with van der Waals surface area (Å²) in [5.74, 6) is 0.827. The summed E-state index contributed by atoms with van der Waals surface area (Å²) in [7, 11) is 0. The highest BCUT2D eigenvalue weighted by atomic mass is 16.5. The van der Waals surface area contributed by atoms with E-state index < -0.39 is 0 Å². The van der Waals surface area contributed by atoms with Crippen LogP contribution in [0.5, 0.6) is 0 Å². The fraction of sp³-hybridized carbons (Fsp3) is 1.00. The van der Waals surface area contributed by atoms with Gasteiger partial charge in [0.25, 0.3) is 0 Å². The predicted molar refractivity (Wildman–Crippen MR) is 60.5 cm³/mol. The van der Waals surface area contributed by atoms with Gasteiger partial charge in [-0.15, -0.1) is 0 Å². The van der Waals surface area contributed by atoms with E-state index in [1.807, 2.05) is 0 Å². The van der Waals surface area contributed by atoms with Gasteiger partial charge in [-0.1, -0.05) is 20.8 Å². The Morgan fingerprint density at radius 1 is 1.29 bits per heavy atom. The first-order valence-electron chi connectivity index (χ1n) is 5.81. The van der Waals surface area contributed by atoms with E-state index in [-0.39, 0.29) is 0 Å². The third-order valence-corrected chi connectivity index (χ3v) is 3.35. The van der Waals surface area contributed by atoms with Crippen molar-refractivity contribution in [1.29, 1.82) is 0 Å². The molecule has 1 rings (SSSR count). The molecule has 0 saturated carbocycles. The molecular weight excluding hydrogens is 174 g/mol. The molecule has 0 bridgehead atoms. The highest BCUT2D eigenvalue weighted by Gasteiger charge is 2.21. The van der Waals surface area contributed by atoms with Gasteiger partial charge in [0, 0.05) is 19.3 Å². The van der Waals surface area contributed by atoms with Crippen LogP contribution in [0.15, 0.2) is 0 Å². The zero-order chi connectivity index (χ0) is 10.6. The van der Waals surface area contributed by atoms with Gasteiger partial charge in [0.2, 0.25) is 0 Å². The summed E-state index contributed by atoms with van der Waals surface area (Å²) in [6.07, 6.45) is 2.45. The Labute approximate surface area is 88.4 Å². The molecule has 0 radical (unpaired) electrons. The first-order chi connectivity index (χ1) is 6.50. The van der Waals surface area contributed by atoms with Gasteiger partial charge in [-0.2, -0.15) is 0 Å². The normalized spacial score (nSPS) is 22.3. The second kappa shape index (κ2) is 5.13. The van der Waals surface area contributed by atoms with E-state index in [0.717, 1.165) is 25.7 Å². The minimum atomic E-state index is 0.366. The van der Waals surface area contributed by atoms with Crippen LogP contribution in [-0.4, -0.2) is 25.8 Å². The average Bonchev–Trinajstić information content (AvgIpc) is 2.14. The van der Waals surface area contributed by atoms with Gasteiger partial charge in [0.05, 0.1) is 0 Å². The number of rotatable bonds is 3. The molecule has 1 fully saturated rings. The fourth-order valence-corrected chi connectivity index (χ4v) is 1.60. The van der Waals surface area contributed by atoms with Crippen LogP contribution in [0, 0.1) is 11.3 Å². The first kappa shape index (κ1) is 12.0. The molecule has 1 atom stereocenters. The Bertz CT molecular complexity index is 156. The quantitative estimate of drug-likeness (QED) is 0.754. The van der Waals surface area contributed by atoms with E-state index in [2.05, 4.69) is 33.0 Å². The molecule has 14 heavy (non-hydrogen) atoms. The molecule has 1 heterocycles. The van der Waals surface area contributed by atoms with Gasteiger partial charge in [0.15, 0.2) is 0 Å². The second-order valence-corrected chi connectivity index (χ2v) is 5.55. The molecule has 0 aliphatic carbocycles. The molecule has 1 N–H and O–H groups in total. The molecule has 84 valence electrons. The Kier molecular flexibility index (Phi) is 4.39. The largest absolute Gasteiger partial charge is 0.381 e. The molecule has 0 aromatic heterocycles. The maximum Gasteiger partial charge on any atom is 0.0469 e. The van der Waals surface area contributed by atoms with E-state index in [1.54, 1.807) is 0 Å². The highest BCUT2D eigenvalue weighted by Crippen LogP contribution is 2.20. The summed E-state index contributed by atoms with van der Waals surface area (Å²) < 4.78 is 5.35. The molecule has 2 nitrogen and oxygen atoms in total. The topological polar surface area (TPSA) is 21.3 Å². The Balaban J connectivity index is 2.19.